The summed E-state index contributed by atoms with van der Waals surface area (Å²) in [4.78, 5) is -0.514. The largest absolute Gasteiger partial charge is 0.280 e. The van der Waals surface area contributed by atoms with Gasteiger partial charge in [0.25, 0.3) is 10.0 Å². The number of rotatable bonds is 3. The standard InChI is InChI=1S/C13H8F2N2O2S/c14-10-5-11(15)7-13(6-10)20(18,19)17-12-3-1-9(8-16)2-4-12/h1-7,17H. The maximum Gasteiger partial charge on any atom is 0.262 e. The van der Waals surface area contributed by atoms with E-state index in [9.17, 15) is 17.2 Å². The van der Waals surface area contributed by atoms with Gasteiger partial charge >= 0.3 is 0 Å². The highest BCUT2D eigenvalue weighted by molar-refractivity contribution is 7.92. The van der Waals surface area contributed by atoms with E-state index in [0.717, 1.165) is 12.1 Å². The molecule has 0 heterocycles. The minimum Gasteiger partial charge on any atom is -0.280 e. The van der Waals surface area contributed by atoms with Crippen molar-refractivity contribution >= 4 is 15.7 Å². The van der Waals surface area contributed by atoms with Crippen LogP contribution in [0.25, 0.3) is 0 Å². The van der Waals surface area contributed by atoms with Crippen molar-refractivity contribution in [3.63, 3.8) is 0 Å². The van der Waals surface area contributed by atoms with Crippen LogP contribution >= 0.6 is 0 Å². The molecule has 7 heteroatoms. The zero-order valence-corrected chi connectivity index (χ0v) is 10.8. The van der Waals surface area contributed by atoms with Crippen molar-refractivity contribution < 1.29 is 17.2 Å². The van der Waals surface area contributed by atoms with Crippen LogP contribution in [0.4, 0.5) is 14.5 Å². The number of benzene rings is 2. The van der Waals surface area contributed by atoms with Gasteiger partial charge in [0.1, 0.15) is 11.6 Å². The second kappa shape index (κ2) is 5.27. The SMILES string of the molecule is N#Cc1ccc(NS(=O)(=O)c2cc(F)cc(F)c2)cc1. The molecule has 0 fully saturated rings. The summed E-state index contributed by atoms with van der Waals surface area (Å²) in [6, 6.07) is 9.51. The molecule has 0 aliphatic carbocycles. The van der Waals surface area contributed by atoms with E-state index in [1.807, 2.05) is 6.07 Å². The molecule has 2 aromatic rings. The fraction of sp³-hybridized carbons (Fsp3) is 0. The zero-order chi connectivity index (χ0) is 14.8. The van der Waals surface area contributed by atoms with E-state index in [1.54, 1.807) is 0 Å². The van der Waals surface area contributed by atoms with Crippen LogP contribution in [-0.2, 0) is 10.0 Å². The van der Waals surface area contributed by atoms with E-state index in [-0.39, 0.29) is 5.69 Å². The van der Waals surface area contributed by atoms with E-state index in [1.165, 1.54) is 24.3 Å². The van der Waals surface area contributed by atoms with Crippen molar-refractivity contribution in [1.82, 2.24) is 0 Å². The first-order chi connectivity index (χ1) is 9.40. The van der Waals surface area contributed by atoms with E-state index in [2.05, 4.69) is 4.72 Å². The Morgan fingerprint density at radius 3 is 2.05 bits per heavy atom. The molecule has 0 aliphatic rings. The first-order valence-electron chi connectivity index (χ1n) is 5.40. The average Bonchev–Trinajstić information content (AvgIpc) is 2.38. The molecule has 102 valence electrons. The quantitative estimate of drug-likeness (QED) is 0.946. The van der Waals surface area contributed by atoms with Gasteiger partial charge in [0.05, 0.1) is 16.5 Å². The first kappa shape index (κ1) is 14.0. The number of nitrogens with zero attached hydrogens (tertiary/aromatic N) is 1. The topological polar surface area (TPSA) is 70.0 Å². The number of nitriles is 1. The van der Waals surface area contributed by atoms with Gasteiger partial charge in [-0.1, -0.05) is 0 Å². The maximum absolute atomic E-state index is 13.0. The van der Waals surface area contributed by atoms with Crippen molar-refractivity contribution in [2.75, 3.05) is 4.72 Å². The molecule has 2 rings (SSSR count). The zero-order valence-electron chi connectivity index (χ0n) is 9.97. The molecule has 0 bridgehead atoms. The molecule has 0 spiro atoms. The van der Waals surface area contributed by atoms with Gasteiger partial charge in [-0.25, -0.2) is 17.2 Å². The number of hydrogen-bond donors (Lipinski definition) is 1. The minimum atomic E-state index is -4.09. The van der Waals surface area contributed by atoms with Crippen LogP contribution in [0.3, 0.4) is 0 Å². The highest BCUT2D eigenvalue weighted by Crippen LogP contribution is 2.18. The molecule has 4 nitrogen and oxygen atoms in total. The normalized spacial score (nSPS) is 10.8. The van der Waals surface area contributed by atoms with E-state index >= 15 is 0 Å². The molecule has 0 unspecified atom stereocenters. The molecule has 0 aromatic heterocycles. The van der Waals surface area contributed by atoms with Gasteiger partial charge < -0.3 is 0 Å². The van der Waals surface area contributed by atoms with Gasteiger partial charge in [-0.05, 0) is 36.4 Å². The van der Waals surface area contributed by atoms with Crippen LogP contribution in [0, 0.1) is 23.0 Å². The Morgan fingerprint density at radius 2 is 1.55 bits per heavy atom. The number of sulfonamides is 1. The lowest BCUT2D eigenvalue weighted by molar-refractivity contribution is 0.568. The lowest BCUT2D eigenvalue weighted by atomic mass is 10.2. The molecular weight excluding hydrogens is 286 g/mol. The number of halogens is 2. The Morgan fingerprint density at radius 1 is 1.00 bits per heavy atom. The molecule has 0 saturated heterocycles. The monoisotopic (exact) mass is 294 g/mol. The summed E-state index contributed by atoms with van der Waals surface area (Å²) in [7, 11) is -4.09. The van der Waals surface area contributed by atoms with Crippen LogP contribution in [-0.4, -0.2) is 8.42 Å². The highest BCUT2D eigenvalue weighted by atomic mass is 32.2. The van der Waals surface area contributed by atoms with E-state index < -0.39 is 26.6 Å². The van der Waals surface area contributed by atoms with Crippen molar-refractivity contribution in [3.05, 3.63) is 59.7 Å². The summed E-state index contributed by atoms with van der Waals surface area (Å²) < 4.78 is 52.1. The lowest BCUT2D eigenvalue weighted by Gasteiger charge is -2.08. The third-order valence-corrected chi connectivity index (χ3v) is 3.77. The summed E-state index contributed by atoms with van der Waals surface area (Å²) >= 11 is 0. The van der Waals surface area contributed by atoms with Crippen molar-refractivity contribution in [2.24, 2.45) is 0 Å². The highest BCUT2D eigenvalue weighted by Gasteiger charge is 2.16. The summed E-state index contributed by atoms with van der Waals surface area (Å²) in [5.74, 6) is -1.96. The maximum atomic E-state index is 13.0. The molecule has 0 atom stereocenters. The summed E-state index contributed by atoms with van der Waals surface area (Å²) in [5.41, 5.74) is 0.554. The van der Waals surface area contributed by atoms with Crippen molar-refractivity contribution in [3.8, 4) is 6.07 Å². The Hall–Kier alpha value is -2.46. The van der Waals surface area contributed by atoms with Gasteiger partial charge in [-0.3, -0.25) is 4.72 Å². The van der Waals surface area contributed by atoms with Gasteiger partial charge in [-0.15, -0.1) is 0 Å². The number of nitrogens with one attached hydrogen (secondary N) is 1. The summed E-state index contributed by atoms with van der Waals surface area (Å²) in [6.45, 7) is 0. The van der Waals surface area contributed by atoms with E-state index in [0.29, 0.717) is 11.6 Å². The molecular formula is C13H8F2N2O2S. The van der Waals surface area contributed by atoms with Crippen molar-refractivity contribution in [1.29, 1.82) is 5.26 Å². The fourth-order valence-electron chi connectivity index (χ4n) is 1.51. The lowest BCUT2D eigenvalue weighted by Crippen LogP contribution is -2.13. The number of hydrogen-bond acceptors (Lipinski definition) is 3. The van der Waals surface area contributed by atoms with Gasteiger partial charge in [0.2, 0.25) is 0 Å². The summed E-state index contributed by atoms with van der Waals surface area (Å²) in [5, 5.41) is 8.63. The average molecular weight is 294 g/mol. The molecule has 2 aromatic carbocycles. The van der Waals surface area contributed by atoms with Gasteiger partial charge in [-0.2, -0.15) is 5.26 Å². The predicted molar refractivity (Wildman–Crippen MR) is 68.3 cm³/mol. The smallest absolute Gasteiger partial charge is 0.262 e. The van der Waals surface area contributed by atoms with E-state index in [4.69, 9.17) is 5.26 Å². The van der Waals surface area contributed by atoms with Crippen molar-refractivity contribution in [2.45, 2.75) is 4.90 Å². The Kier molecular flexibility index (Phi) is 3.68. The molecule has 0 saturated carbocycles. The minimum absolute atomic E-state index is 0.189. The van der Waals surface area contributed by atoms with Crippen LogP contribution < -0.4 is 4.72 Å². The third kappa shape index (κ3) is 3.10. The molecule has 0 radical (unpaired) electrons. The molecule has 20 heavy (non-hydrogen) atoms. The van der Waals surface area contributed by atoms with Crippen LogP contribution in [0.15, 0.2) is 47.4 Å². The van der Waals surface area contributed by atoms with Crippen LogP contribution in [0.2, 0.25) is 0 Å². The third-order valence-electron chi connectivity index (χ3n) is 2.41. The summed E-state index contributed by atoms with van der Waals surface area (Å²) in [6.07, 6.45) is 0. The van der Waals surface area contributed by atoms with Crippen LogP contribution in [0.1, 0.15) is 5.56 Å². The molecule has 0 amide bonds. The Bertz CT molecular complexity index is 761. The second-order valence-corrected chi connectivity index (χ2v) is 5.58. The molecule has 1 N–H and O–H groups in total. The predicted octanol–water partition coefficient (Wildman–Crippen LogP) is 2.64. The Labute approximate surface area is 114 Å². The molecule has 0 aliphatic heterocycles. The van der Waals surface area contributed by atoms with Gasteiger partial charge in [0, 0.05) is 11.8 Å². The Balaban J connectivity index is 2.33. The second-order valence-electron chi connectivity index (χ2n) is 3.90. The number of anilines is 1. The first-order valence-corrected chi connectivity index (χ1v) is 6.88. The van der Waals surface area contributed by atoms with Crippen LogP contribution in [0.5, 0.6) is 0 Å². The van der Waals surface area contributed by atoms with Gasteiger partial charge in [0.15, 0.2) is 0 Å². The fourth-order valence-corrected chi connectivity index (χ4v) is 2.61.